The Hall–Kier alpha value is -1.49. The second-order valence-corrected chi connectivity index (χ2v) is 5.63. The Morgan fingerprint density at radius 2 is 2.05 bits per heavy atom. The molecule has 3 nitrogen and oxygen atoms in total. The summed E-state index contributed by atoms with van der Waals surface area (Å²) in [6.07, 6.45) is 0. The van der Waals surface area contributed by atoms with E-state index in [-0.39, 0.29) is 22.8 Å². The fourth-order valence-corrected chi connectivity index (χ4v) is 1.54. The molecule has 0 aliphatic heterocycles. The molecule has 5 heteroatoms. The van der Waals surface area contributed by atoms with Crippen molar-refractivity contribution in [2.24, 2.45) is 11.1 Å². The van der Waals surface area contributed by atoms with Crippen LogP contribution in [0.4, 0.5) is 4.39 Å². The molecule has 3 N–H and O–H groups in total. The van der Waals surface area contributed by atoms with Gasteiger partial charge in [0.25, 0.3) is 0 Å². The van der Waals surface area contributed by atoms with Crippen LogP contribution < -0.4 is 11.1 Å². The van der Waals surface area contributed by atoms with Gasteiger partial charge in [-0.2, -0.15) is 0 Å². The molecule has 0 heterocycles. The standard InChI is InChI=1S/C14H19FN2OS/c1-8-5-6-10(7-11(8)15)9(2)17-13(18)14(3,4)12(16)19/h5-7,9H,1-4H3,(H2,16,19)(H,17,18). The van der Waals surface area contributed by atoms with Crippen molar-refractivity contribution in [1.82, 2.24) is 5.32 Å². The van der Waals surface area contributed by atoms with Crippen molar-refractivity contribution < 1.29 is 9.18 Å². The number of carbonyl (C=O) groups excluding carboxylic acids is 1. The average Bonchev–Trinajstić information content (AvgIpc) is 2.32. The highest BCUT2D eigenvalue weighted by Gasteiger charge is 2.31. The van der Waals surface area contributed by atoms with Gasteiger partial charge in [-0.05, 0) is 44.9 Å². The minimum atomic E-state index is -0.924. The van der Waals surface area contributed by atoms with Gasteiger partial charge in [-0.1, -0.05) is 24.4 Å². The molecule has 0 aliphatic carbocycles. The topological polar surface area (TPSA) is 55.1 Å². The highest BCUT2D eigenvalue weighted by Crippen LogP contribution is 2.20. The number of carbonyl (C=O) groups is 1. The van der Waals surface area contributed by atoms with Crippen LogP contribution in [0, 0.1) is 18.2 Å². The Bertz CT molecular complexity index is 514. The Balaban J connectivity index is 2.85. The monoisotopic (exact) mass is 282 g/mol. The van der Waals surface area contributed by atoms with E-state index in [0.29, 0.717) is 11.1 Å². The molecule has 0 spiro atoms. The summed E-state index contributed by atoms with van der Waals surface area (Å²) in [5.41, 5.74) is 5.89. The maximum Gasteiger partial charge on any atom is 0.232 e. The van der Waals surface area contributed by atoms with Gasteiger partial charge in [0.15, 0.2) is 0 Å². The highest BCUT2D eigenvalue weighted by atomic mass is 32.1. The van der Waals surface area contributed by atoms with E-state index in [0.717, 1.165) is 0 Å². The Labute approximate surface area is 118 Å². The Morgan fingerprint density at radius 3 is 2.53 bits per heavy atom. The molecule has 0 saturated carbocycles. The number of aryl methyl sites for hydroxylation is 1. The molecule has 0 saturated heterocycles. The van der Waals surface area contributed by atoms with Crippen molar-refractivity contribution in [2.45, 2.75) is 33.7 Å². The maximum atomic E-state index is 13.5. The number of rotatable bonds is 4. The first-order valence-electron chi connectivity index (χ1n) is 6.03. The molecule has 0 bridgehead atoms. The van der Waals surface area contributed by atoms with E-state index < -0.39 is 5.41 Å². The highest BCUT2D eigenvalue weighted by molar-refractivity contribution is 7.80. The maximum absolute atomic E-state index is 13.5. The van der Waals surface area contributed by atoms with Gasteiger partial charge in [0.05, 0.1) is 16.4 Å². The number of benzene rings is 1. The number of nitrogens with one attached hydrogen (secondary N) is 1. The molecule has 0 radical (unpaired) electrons. The van der Waals surface area contributed by atoms with Crippen LogP contribution >= 0.6 is 12.2 Å². The van der Waals surface area contributed by atoms with E-state index in [2.05, 4.69) is 5.32 Å². The molecule has 19 heavy (non-hydrogen) atoms. The summed E-state index contributed by atoms with van der Waals surface area (Å²) in [6, 6.07) is 4.59. The SMILES string of the molecule is Cc1ccc(C(C)NC(=O)C(C)(C)C(N)=S)cc1F. The van der Waals surface area contributed by atoms with E-state index in [9.17, 15) is 9.18 Å². The van der Waals surface area contributed by atoms with E-state index >= 15 is 0 Å². The zero-order valence-electron chi connectivity index (χ0n) is 11.6. The fraction of sp³-hybridized carbons (Fsp3) is 0.429. The van der Waals surface area contributed by atoms with Crippen LogP contribution in [0.25, 0.3) is 0 Å². The minimum absolute atomic E-state index is 0.132. The van der Waals surface area contributed by atoms with Crippen LogP contribution in [0.5, 0.6) is 0 Å². The number of halogens is 1. The summed E-state index contributed by atoms with van der Waals surface area (Å²) in [4.78, 5) is 12.2. The molecule has 104 valence electrons. The largest absolute Gasteiger partial charge is 0.392 e. The summed E-state index contributed by atoms with van der Waals surface area (Å²) in [6.45, 7) is 6.80. The molecule has 1 rings (SSSR count). The predicted octanol–water partition coefficient (Wildman–Crippen LogP) is 2.62. The first-order chi connectivity index (χ1) is 8.66. The van der Waals surface area contributed by atoms with Crippen LogP contribution in [-0.4, -0.2) is 10.9 Å². The van der Waals surface area contributed by atoms with Crippen LogP contribution in [0.15, 0.2) is 18.2 Å². The Kier molecular flexibility index (Phi) is 4.63. The van der Waals surface area contributed by atoms with Gasteiger partial charge in [0.1, 0.15) is 5.82 Å². The van der Waals surface area contributed by atoms with E-state index in [1.807, 2.05) is 0 Å². The van der Waals surface area contributed by atoms with Crippen molar-refractivity contribution in [3.63, 3.8) is 0 Å². The average molecular weight is 282 g/mol. The number of hydrogen-bond acceptors (Lipinski definition) is 2. The lowest BCUT2D eigenvalue weighted by Crippen LogP contribution is -2.45. The van der Waals surface area contributed by atoms with Crippen LogP contribution in [0.1, 0.15) is 37.9 Å². The van der Waals surface area contributed by atoms with Crippen molar-refractivity contribution in [3.8, 4) is 0 Å². The molecule has 1 amide bonds. The molecule has 1 aromatic carbocycles. The molecule has 1 atom stereocenters. The second kappa shape index (κ2) is 5.65. The van der Waals surface area contributed by atoms with Crippen LogP contribution in [0.3, 0.4) is 0 Å². The first kappa shape index (κ1) is 15.6. The van der Waals surface area contributed by atoms with Gasteiger partial charge in [-0.15, -0.1) is 0 Å². The van der Waals surface area contributed by atoms with Gasteiger partial charge in [0.2, 0.25) is 5.91 Å². The summed E-state index contributed by atoms with van der Waals surface area (Å²) in [7, 11) is 0. The third-order valence-corrected chi connectivity index (χ3v) is 3.74. The van der Waals surface area contributed by atoms with Gasteiger partial charge in [-0.3, -0.25) is 4.79 Å². The Morgan fingerprint density at radius 1 is 1.47 bits per heavy atom. The third-order valence-electron chi connectivity index (χ3n) is 3.23. The zero-order valence-corrected chi connectivity index (χ0v) is 12.4. The number of nitrogens with two attached hydrogens (primary N) is 1. The number of amides is 1. The fourth-order valence-electron chi connectivity index (χ4n) is 1.45. The molecular weight excluding hydrogens is 263 g/mol. The van der Waals surface area contributed by atoms with Gasteiger partial charge >= 0.3 is 0 Å². The lowest BCUT2D eigenvalue weighted by atomic mass is 9.91. The second-order valence-electron chi connectivity index (χ2n) is 5.19. The van der Waals surface area contributed by atoms with Crippen molar-refractivity contribution in [2.75, 3.05) is 0 Å². The lowest BCUT2D eigenvalue weighted by Gasteiger charge is -2.25. The van der Waals surface area contributed by atoms with Crippen molar-refractivity contribution >= 4 is 23.1 Å². The van der Waals surface area contributed by atoms with Crippen molar-refractivity contribution in [3.05, 3.63) is 35.1 Å². The van der Waals surface area contributed by atoms with Gasteiger partial charge < -0.3 is 11.1 Å². The van der Waals surface area contributed by atoms with E-state index in [1.54, 1.807) is 39.8 Å². The summed E-state index contributed by atoms with van der Waals surface area (Å²) >= 11 is 4.87. The third kappa shape index (κ3) is 3.50. The number of hydrogen-bond donors (Lipinski definition) is 2. The first-order valence-corrected chi connectivity index (χ1v) is 6.44. The zero-order chi connectivity index (χ0) is 14.8. The summed E-state index contributed by atoms with van der Waals surface area (Å²) < 4.78 is 13.5. The molecule has 1 aromatic rings. The van der Waals surface area contributed by atoms with E-state index in [1.165, 1.54) is 6.07 Å². The predicted molar refractivity (Wildman–Crippen MR) is 78.3 cm³/mol. The molecule has 0 aromatic heterocycles. The summed E-state index contributed by atoms with van der Waals surface area (Å²) in [5.74, 6) is -0.555. The van der Waals surface area contributed by atoms with Crippen LogP contribution in [0.2, 0.25) is 0 Å². The van der Waals surface area contributed by atoms with E-state index in [4.69, 9.17) is 18.0 Å². The van der Waals surface area contributed by atoms with Crippen molar-refractivity contribution in [1.29, 1.82) is 0 Å². The molecule has 1 unspecified atom stereocenters. The minimum Gasteiger partial charge on any atom is -0.392 e. The quantitative estimate of drug-likeness (QED) is 0.835. The lowest BCUT2D eigenvalue weighted by molar-refractivity contribution is -0.126. The summed E-state index contributed by atoms with van der Waals surface area (Å²) in [5, 5.41) is 2.79. The van der Waals surface area contributed by atoms with Crippen LogP contribution in [-0.2, 0) is 4.79 Å². The smallest absolute Gasteiger partial charge is 0.232 e. The number of thiocarbonyl (C=S) groups is 1. The molecule has 0 aliphatic rings. The van der Waals surface area contributed by atoms with Gasteiger partial charge in [-0.25, -0.2) is 4.39 Å². The molecule has 0 fully saturated rings. The molecular formula is C14H19FN2OS. The normalized spacial score (nSPS) is 12.9. The van der Waals surface area contributed by atoms with Gasteiger partial charge in [0, 0.05) is 0 Å².